The first-order valence-electron chi connectivity index (χ1n) is 6.38. The summed E-state index contributed by atoms with van der Waals surface area (Å²) in [5.74, 6) is -1.62. The molecule has 0 saturated carbocycles. The molecule has 0 aromatic carbocycles. The van der Waals surface area contributed by atoms with Crippen LogP contribution in [0.25, 0.3) is 0 Å². The highest BCUT2D eigenvalue weighted by Gasteiger charge is 2.41. The predicted molar refractivity (Wildman–Crippen MR) is 80.5 cm³/mol. The summed E-state index contributed by atoms with van der Waals surface area (Å²) in [5.41, 5.74) is 0. The molecule has 1 saturated heterocycles. The van der Waals surface area contributed by atoms with E-state index in [2.05, 4.69) is 10.3 Å². The lowest BCUT2D eigenvalue weighted by molar-refractivity contribution is -0.146. The fourth-order valence-corrected chi connectivity index (χ4v) is 3.26. The molecule has 0 spiro atoms. The van der Waals surface area contributed by atoms with Gasteiger partial charge in [-0.15, -0.1) is 11.3 Å². The Morgan fingerprint density at radius 3 is 2.86 bits per heavy atom. The van der Waals surface area contributed by atoms with Crippen LogP contribution in [0, 0.1) is 0 Å². The number of carbonyl (C=O) groups is 4. The van der Waals surface area contributed by atoms with Crippen LogP contribution in [0.5, 0.6) is 0 Å². The Morgan fingerprint density at radius 2 is 2.23 bits per heavy atom. The molecule has 3 amide bonds. The Morgan fingerprint density at radius 1 is 1.45 bits per heavy atom. The van der Waals surface area contributed by atoms with Crippen LogP contribution in [0.15, 0.2) is 11.6 Å². The third-order valence-corrected chi connectivity index (χ3v) is 4.41. The van der Waals surface area contributed by atoms with E-state index in [1.165, 1.54) is 11.3 Å². The average Bonchev–Trinajstić information content (AvgIpc) is 3.03. The van der Waals surface area contributed by atoms with E-state index in [0.717, 1.165) is 16.7 Å². The molecular weight excluding hydrogens is 330 g/mol. The first-order chi connectivity index (χ1) is 10.5. The second-order valence-corrected chi connectivity index (χ2v) is 6.24. The molecule has 0 bridgehead atoms. The maximum absolute atomic E-state index is 12.1. The summed E-state index contributed by atoms with van der Waals surface area (Å²) in [6.45, 7) is 1.37. The van der Waals surface area contributed by atoms with Crippen molar-refractivity contribution in [2.45, 2.75) is 18.6 Å². The maximum Gasteiger partial charge on any atom is 0.326 e. The zero-order valence-corrected chi connectivity index (χ0v) is 13.2. The third-order valence-electron chi connectivity index (χ3n) is 2.65. The number of amides is 3. The number of imide groups is 1. The summed E-state index contributed by atoms with van der Waals surface area (Å²) in [4.78, 5) is 51.7. The highest BCUT2D eigenvalue weighted by atomic mass is 32.2. The number of carbonyl (C=O) groups excluding carboxylic acids is 4. The molecule has 1 atom stereocenters. The fourth-order valence-electron chi connectivity index (χ4n) is 1.73. The number of ether oxygens (including phenoxy) is 1. The topological polar surface area (TPSA) is 106 Å². The number of rotatable bonds is 6. The van der Waals surface area contributed by atoms with Crippen LogP contribution in [0.4, 0.5) is 9.93 Å². The Hall–Kier alpha value is -1.94. The molecular formula is C12H13N3O5S2. The highest BCUT2D eigenvalue weighted by Crippen LogP contribution is 2.29. The van der Waals surface area contributed by atoms with Gasteiger partial charge in [-0.3, -0.25) is 24.1 Å². The van der Waals surface area contributed by atoms with Gasteiger partial charge in [-0.05, 0) is 6.92 Å². The Balaban J connectivity index is 1.90. The number of nitrogens with one attached hydrogen (secondary N) is 1. The van der Waals surface area contributed by atoms with Crippen LogP contribution in [0.3, 0.4) is 0 Å². The highest BCUT2D eigenvalue weighted by molar-refractivity contribution is 8.15. The monoisotopic (exact) mass is 343 g/mol. The van der Waals surface area contributed by atoms with Gasteiger partial charge in [0.05, 0.1) is 6.61 Å². The molecule has 1 fully saturated rings. The van der Waals surface area contributed by atoms with Crippen LogP contribution in [-0.4, -0.2) is 51.3 Å². The molecule has 1 aliphatic rings. The zero-order chi connectivity index (χ0) is 16.1. The summed E-state index contributed by atoms with van der Waals surface area (Å²) >= 11 is 1.99. The summed E-state index contributed by atoms with van der Waals surface area (Å²) in [6.07, 6.45) is 1.38. The summed E-state index contributed by atoms with van der Waals surface area (Å²) in [5, 5.41) is 3.29. The molecule has 2 rings (SSSR count). The number of esters is 1. The molecule has 118 valence electrons. The molecule has 10 heteroatoms. The van der Waals surface area contributed by atoms with Crippen LogP contribution in [-0.2, 0) is 19.1 Å². The van der Waals surface area contributed by atoms with Crippen molar-refractivity contribution in [3.8, 4) is 0 Å². The zero-order valence-electron chi connectivity index (χ0n) is 11.6. The second kappa shape index (κ2) is 7.36. The van der Waals surface area contributed by atoms with E-state index in [-0.39, 0.29) is 13.0 Å². The number of hydrogen-bond donors (Lipinski definition) is 1. The van der Waals surface area contributed by atoms with Gasteiger partial charge in [0, 0.05) is 18.0 Å². The molecule has 0 unspecified atom stereocenters. The van der Waals surface area contributed by atoms with Crippen molar-refractivity contribution < 1.29 is 23.9 Å². The minimum Gasteiger partial charge on any atom is -0.465 e. The quantitative estimate of drug-likeness (QED) is 0.771. The van der Waals surface area contributed by atoms with Crippen molar-refractivity contribution in [1.29, 1.82) is 0 Å². The first kappa shape index (κ1) is 16.4. The van der Waals surface area contributed by atoms with Gasteiger partial charge in [-0.1, -0.05) is 11.8 Å². The lowest BCUT2D eigenvalue weighted by Gasteiger charge is -2.12. The number of anilines is 1. The summed E-state index contributed by atoms with van der Waals surface area (Å²) in [6, 6.07) is 0. The van der Waals surface area contributed by atoms with Gasteiger partial charge in [0.25, 0.3) is 5.24 Å². The van der Waals surface area contributed by atoms with Gasteiger partial charge in [0.1, 0.15) is 11.8 Å². The number of hydrogen-bond acceptors (Lipinski definition) is 8. The van der Waals surface area contributed by atoms with Crippen LogP contribution in [0.1, 0.15) is 13.3 Å². The number of aromatic nitrogens is 1. The Labute approximate surface area is 134 Å². The molecule has 1 aromatic heterocycles. The minimum absolute atomic E-state index is 0.159. The Kier molecular flexibility index (Phi) is 5.50. The van der Waals surface area contributed by atoms with Crippen molar-refractivity contribution in [2.24, 2.45) is 0 Å². The van der Waals surface area contributed by atoms with Gasteiger partial charge in [-0.2, -0.15) is 0 Å². The standard InChI is InChI=1S/C12H13N3O5S2/c1-2-20-9(17)6-15-10(18)7(22-12(15)19)5-8(16)14-11-13-3-4-21-11/h3-4,7H,2,5-6H2,1H3,(H,13,14,16)/t7-/m0/s1. The fraction of sp³-hybridized carbons (Fsp3) is 0.417. The van der Waals surface area contributed by atoms with Crippen molar-refractivity contribution in [3.05, 3.63) is 11.6 Å². The van der Waals surface area contributed by atoms with Crippen molar-refractivity contribution in [3.63, 3.8) is 0 Å². The molecule has 8 nitrogen and oxygen atoms in total. The Bertz CT molecular complexity index is 590. The van der Waals surface area contributed by atoms with Crippen molar-refractivity contribution in [2.75, 3.05) is 18.5 Å². The number of thioether (sulfide) groups is 1. The first-order valence-corrected chi connectivity index (χ1v) is 8.14. The van der Waals surface area contributed by atoms with Crippen molar-refractivity contribution in [1.82, 2.24) is 9.88 Å². The van der Waals surface area contributed by atoms with E-state index in [1.807, 2.05) is 0 Å². The van der Waals surface area contributed by atoms with E-state index in [4.69, 9.17) is 4.74 Å². The summed E-state index contributed by atoms with van der Waals surface area (Å²) < 4.78 is 4.71. The van der Waals surface area contributed by atoms with Crippen LogP contribution >= 0.6 is 23.1 Å². The maximum atomic E-state index is 12.1. The third kappa shape index (κ3) is 4.04. The molecule has 0 radical (unpaired) electrons. The smallest absolute Gasteiger partial charge is 0.326 e. The molecule has 2 heterocycles. The van der Waals surface area contributed by atoms with Gasteiger partial charge >= 0.3 is 5.97 Å². The van der Waals surface area contributed by atoms with Crippen LogP contribution in [0.2, 0.25) is 0 Å². The van der Waals surface area contributed by atoms with Crippen molar-refractivity contribution >= 4 is 51.3 Å². The van der Waals surface area contributed by atoms with E-state index in [0.29, 0.717) is 5.13 Å². The van der Waals surface area contributed by atoms with E-state index < -0.39 is 34.8 Å². The average molecular weight is 343 g/mol. The predicted octanol–water partition coefficient (Wildman–Crippen LogP) is 1.10. The normalized spacial score (nSPS) is 17.7. The number of thiazole rings is 1. The van der Waals surface area contributed by atoms with Gasteiger partial charge in [-0.25, -0.2) is 4.98 Å². The molecule has 1 N–H and O–H groups in total. The van der Waals surface area contributed by atoms with E-state index >= 15 is 0 Å². The molecule has 22 heavy (non-hydrogen) atoms. The lowest BCUT2D eigenvalue weighted by atomic mass is 10.2. The lowest BCUT2D eigenvalue weighted by Crippen LogP contribution is -2.37. The number of nitrogens with zero attached hydrogens (tertiary/aromatic N) is 2. The van der Waals surface area contributed by atoms with Crippen LogP contribution < -0.4 is 5.32 Å². The molecule has 0 aliphatic carbocycles. The van der Waals surface area contributed by atoms with Gasteiger partial charge in [0.15, 0.2) is 5.13 Å². The molecule has 1 aromatic rings. The second-order valence-electron chi connectivity index (χ2n) is 4.19. The summed E-state index contributed by atoms with van der Waals surface area (Å²) in [7, 11) is 0. The van der Waals surface area contributed by atoms with Gasteiger partial charge < -0.3 is 10.1 Å². The minimum atomic E-state index is -0.832. The largest absolute Gasteiger partial charge is 0.465 e. The van der Waals surface area contributed by atoms with E-state index in [9.17, 15) is 19.2 Å². The van der Waals surface area contributed by atoms with Gasteiger partial charge in [0.2, 0.25) is 11.8 Å². The SMILES string of the molecule is CCOC(=O)CN1C(=O)S[C@@H](CC(=O)Nc2nccs2)C1=O. The van der Waals surface area contributed by atoms with E-state index in [1.54, 1.807) is 18.5 Å². The molecule has 1 aliphatic heterocycles.